The number of carbonyl (C=O) groups excluding carboxylic acids is 1. The molecule has 7 heteroatoms. The molecule has 0 spiro atoms. The second-order valence-electron chi connectivity index (χ2n) is 4.79. The molecule has 0 aromatic carbocycles. The first-order valence-corrected chi connectivity index (χ1v) is 8.94. The first kappa shape index (κ1) is 15.0. The van der Waals surface area contributed by atoms with Crippen LogP contribution in [0.1, 0.15) is 19.3 Å². The van der Waals surface area contributed by atoms with E-state index in [1.54, 1.807) is 6.07 Å². The van der Waals surface area contributed by atoms with Gasteiger partial charge >= 0.3 is 0 Å². The Morgan fingerprint density at radius 1 is 1.48 bits per heavy atom. The number of allylic oxidation sites excluding steroid dienone is 2. The number of amides is 1. The summed E-state index contributed by atoms with van der Waals surface area (Å²) >= 11 is 14.7. The molecule has 1 N–H and O–H groups in total. The van der Waals surface area contributed by atoms with Gasteiger partial charge in [-0.05, 0) is 24.8 Å². The zero-order chi connectivity index (χ0) is 14.8. The van der Waals surface area contributed by atoms with Crippen LogP contribution in [0, 0.1) is 5.92 Å². The van der Waals surface area contributed by atoms with E-state index in [-0.39, 0.29) is 5.91 Å². The van der Waals surface area contributed by atoms with Crippen LogP contribution in [0.4, 0.5) is 5.13 Å². The van der Waals surface area contributed by atoms with E-state index >= 15 is 0 Å². The maximum Gasteiger partial charge on any atom is 0.226 e. The monoisotopic (exact) mass is 358 g/mol. The molecule has 0 saturated carbocycles. The molecule has 110 valence electrons. The molecule has 3 nitrogen and oxygen atoms in total. The zero-order valence-electron chi connectivity index (χ0n) is 10.9. The average Bonchev–Trinajstić information content (AvgIpc) is 3.12. The van der Waals surface area contributed by atoms with Gasteiger partial charge in [0.05, 0.1) is 10.0 Å². The number of nitrogens with zero attached hydrogens (tertiary/aromatic N) is 1. The molecule has 2 aromatic heterocycles. The summed E-state index contributed by atoms with van der Waals surface area (Å²) in [5.74, 6) is 0.358. The van der Waals surface area contributed by atoms with Gasteiger partial charge in [-0.3, -0.25) is 4.79 Å². The smallest absolute Gasteiger partial charge is 0.226 e. The van der Waals surface area contributed by atoms with Crippen LogP contribution >= 0.6 is 45.9 Å². The second-order valence-corrected chi connectivity index (χ2v) is 7.94. The van der Waals surface area contributed by atoms with E-state index in [0.29, 0.717) is 26.1 Å². The first-order chi connectivity index (χ1) is 10.1. The van der Waals surface area contributed by atoms with Crippen molar-refractivity contribution in [1.82, 2.24) is 4.98 Å². The molecule has 2 aromatic rings. The highest BCUT2D eigenvalue weighted by Crippen LogP contribution is 2.39. The van der Waals surface area contributed by atoms with E-state index in [2.05, 4.69) is 22.5 Å². The van der Waals surface area contributed by atoms with E-state index in [1.165, 1.54) is 22.7 Å². The van der Waals surface area contributed by atoms with Crippen LogP contribution in [0.2, 0.25) is 8.67 Å². The van der Waals surface area contributed by atoms with Crippen molar-refractivity contribution in [3.63, 3.8) is 0 Å². The van der Waals surface area contributed by atoms with Crippen LogP contribution in [0.15, 0.2) is 23.6 Å². The van der Waals surface area contributed by atoms with Crippen LogP contribution < -0.4 is 5.32 Å². The van der Waals surface area contributed by atoms with Gasteiger partial charge in [0.15, 0.2) is 5.13 Å². The third-order valence-corrected chi connectivity index (χ3v) is 5.49. The first-order valence-electron chi connectivity index (χ1n) is 6.49. The van der Waals surface area contributed by atoms with Crippen LogP contribution in [-0.2, 0) is 4.79 Å². The van der Waals surface area contributed by atoms with Gasteiger partial charge < -0.3 is 5.32 Å². The van der Waals surface area contributed by atoms with Crippen LogP contribution in [0.3, 0.4) is 0 Å². The normalized spacial score (nSPS) is 17.3. The molecule has 0 fully saturated rings. The Bertz CT molecular complexity index is 693. The molecular weight excluding hydrogens is 347 g/mol. The topological polar surface area (TPSA) is 42.0 Å². The highest BCUT2D eigenvalue weighted by molar-refractivity contribution is 7.20. The van der Waals surface area contributed by atoms with Crippen molar-refractivity contribution in [2.24, 2.45) is 5.92 Å². The lowest BCUT2D eigenvalue weighted by atomic mass is 10.1. The Hall–Kier alpha value is -0.880. The van der Waals surface area contributed by atoms with Gasteiger partial charge in [-0.1, -0.05) is 35.4 Å². The summed E-state index contributed by atoms with van der Waals surface area (Å²) < 4.78 is 1.24. The Morgan fingerprint density at radius 3 is 3.00 bits per heavy atom. The molecule has 0 saturated heterocycles. The Labute approximate surface area is 140 Å². The Balaban J connectivity index is 1.66. The third-order valence-electron chi connectivity index (χ3n) is 3.24. The van der Waals surface area contributed by atoms with E-state index in [4.69, 9.17) is 23.2 Å². The lowest BCUT2D eigenvalue weighted by Crippen LogP contribution is -2.14. The lowest BCUT2D eigenvalue weighted by Gasteiger charge is -2.06. The number of carbonyl (C=O) groups is 1. The second kappa shape index (κ2) is 6.48. The minimum Gasteiger partial charge on any atom is -0.302 e. The summed E-state index contributed by atoms with van der Waals surface area (Å²) in [6.45, 7) is 0. The van der Waals surface area contributed by atoms with E-state index < -0.39 is 0 Å². The fourth-order valence-electron chi connectivity index (χ4n) is 2.24. The fraction of sp³-hybridized carbons (Fsp3) is 0.286. The fourth-order valence-corrected chi connectivity index (χ4v) is 4.45. The number of halogens is 2. The highest BCUT2D eigenvalue weighted by Gasteiger charge is 2.16. The lowest BCUT2D eigenvalue weighted by molar-refractivity contribution is -0.116. The molecule has 1 unspecified atom stereocenters. The predicted octanol–water partition coefficient (Wildman–Crippen LogP) is 5.47. The molecular formula is C14H12Cl2N2OS2. The van der Waals surface area contributed by atoms with Gasteiger partial charge in [0, 0.05) is 17.4 Å². The maximum absolute atomic E-state index is 12.0. The van der Waals surface area contributed by atoms with Gasteiger partial charge in [-0.25, -0.2) is 4.98 Å². The van der Waals surface area contributed by atoms with Gasteiger partial charge in [0.2, 0.25) is 5.91 Å². The van der Waals surface area contributed by atoms with Crippen molar-refractivity contribution in [3.8, 4) is 11.3 Å². The van der Waals surface area contributed by atoms with Crippen molar-refractivity contribution in [3.05, 3.63) is 32.3 Å². The van der Waals surface area contributed by atoms with E-state index in [1.807, 2.05) is 5.38 Å². The maximum atomic E-state index is 12.0. The molecule has 0 aliphatic heterocycles. The number of thiazole rings is 1. The number of anilines is 1. The average molecular weight is 359 g/mol. The molecule has 21 heavy (non-hydrogen) atoms. The molecule has 0 bridgehead atoms. The molecule has 1 atom stereocenters. The van der Waals surface area contributed by atoms with E-state index in [9.17, 15) is 4.79 Å². The summed E-state index contributed by atoms with van der Waals surface area (Å²) in [4.78, 5) is 16.4. The largest absolute Gasteiger partial charge is 0.302 e. The van der Waals surface area contributed by atoms with Crippen molar-refractivity contribution < 1.29 is 4.79 Å². The third kappa shape index (κ3) is 3.66. The van der Waals surface area contributed by atoms with Gasteiger partial charge in [0.1, 0.15) is 4.34 Å². The van der Waals surface area contributed by atoms with Gasteiger partial charge in [0.25, 0.3) is 0 Å². The zero-order valence-corrected chi connectivity index (χ0v) is 14.1. The summed E-state index contributed by atoms with van der Waals surface area (Å²) in [6.07, 6.45) is 6.87. The number of rotatable bonds is 4. The molecule has 0 radical (unpaired) electrons. The predicted molar refractivity (Wildman–Crippen MR) is 90.6 cm³/mol. The summed E-state index contributed by atoms with van der Waals surface area (Å²) in [6, 6.07) is 1.79. The number of thiophene rings is 1. The SMILES string of the molecule is O=C(CC1C=CCC1)Nc1nc(-c2cc(Cl)sc2Cl)cs1. The standard InChI is InChI=1S/C14H12Cl2N2OS2/c15-11-6-9(13(16)21-11)10-7-20-14(17-10)18-12(19)5-8-3-1-2-4-8/h1,3,6-8H,2,4-5H2,(H,17,18,19). The van der Waals surface area contributed by atoms with Crippen molar-refractivity contribution in [2.45, 2.75) is 19.3 Å². The molecule has 1 amide bonds. The van der Waals surface area contributed by atoms with E-state index in [0.717, 1.165) is 24.1 Å². The van der Waals surface area contributed by atoms with Crippen LogP contribution in [0.25, 0.3) is 11.3 Å². The number of hydrogen-bond acceptors (Lipinski definition) is 4. The van der Waals surface area contributed by atoms with Crippen molar-refractivity contribution >= 4 is 56.9 Å². The van der Waals surface area contributed by atoms with Gasteiger partial charge in [-0.15, -0.1) is 22.7 Å². The Morgan fingerprint density at radius 2 is 2.33 bits per heavy atom. The number of nitrogens with one attached hydrogen (secondary N) is 1. The molecule has 1 aliphatic carbocycles. The minimum atomic E-state index is 0.00176. The summed E-state index contributed by atoms with van der Waals surface area (Å²) in [5.41, 5.74) is 1.55. The summed E-state index contributed by atoms with van der Waals surface area (Å²) in [5, 5.41) is 5.31. The highest BCUT2D eigenvalue weighted by atomic mass is 35.5. The molecule has 2 heterocycles. The number of aromatic nitrogens is 1. The molecule has 1 aliphatic rings. The van der Waals surface area contributed by atoms with Crippen molar-refractivity contribution in [2.75, 3.05) is 5.32 Å². The van der Waals surface area contributed by atoms with Crippen LogP contribution in [-0.4, -0.2) is 10.9 Å². The molecule has 3 rings (SSSR count). The minimum absolute atomic E-state index is 0.00176. The Kier molecular flexibility index (Phi) is 4.64. The summed E-state index contributed by atoms with van der Waals surface area (Å²) in [7, 11) is 0. The van der Waals surface area contributed by atoms with Crippen molar-refractivity contribution in [1.29, 1.82) is 0 Å². The van der Waals surface area contributed by atoms with Gasteiger partial charge in [-0.2, -0.15) is 0 Å². The quantitative estimate of drug-likeness (QED) is 0.735. The number of hydrogen-bond donors (Lipinski definition) is 1. The van der Waals surface area contributed by atoms with Crippen LogP contribution in [0.5, 0.6) is 0 Å².